The van der Waals surface area contributed by atoms with Crippen molar-refractivity contribution in [3.8, 4) is 16.9 Å². The second-order valence-electron chi connectivity index (χ2n) is 6.16. The Bertz CT molecular complexity index is 1380. The molecule has 7 nitrogen and oxygen atoms in total. The zero-order valence-corrected chi connectivity index (χ0v) is 15.0. The van der Waals surface area contributed by atoms with Crippen LogP contribution in [0.25, 0.3) is 32.8 Å². The molecule has 0 fully saturated rings. The van der Waals surface area contributed by atoms with E-state index >= 15 is 0 Å². The highest BCUT2D eigenvalue weighted by molar-refractivity contribution is 7.86. The van der Waals surface area contributed by atoms with E-state index in [4.69, 9.17) is 0 Å². The maximum Gasteiger partial charge on any atom is 0.337 e. The van der Waals surface area contributed by atoms with Gasteiger partial charge in [-0.1, -0.05) is 36.4 Å². The number of carbonyl (C=O) groups is 1. The number of benzene rings is 3. The van der Waals surface area contributed by atoms with Crippen molar-refractivity contribution in [2.45, 2.75) is 4.90 Å². The smallest absolute Gasteiger partial charge is 0.337 e. The van der Waals surface area contributed by atoms with Gasteiger partial charge in [-0.2, -0.15) is 8.42 Å². The van der Waals surface area contributed by atoms with Crippen LogP contribution in [0.5, 0.6) is 5.75 Å². The molecular weight excluding hydrogens is 382 g/mol. The number of hydrogen-bond acceptors (Lipinski definition) is 5. The van der Waals surface area contributed by atoms with E-state index < -0.39 is 16.1 Å². The van der Waals surface area contributed by atoms with Crippen molar-refractivity contribution in [3.63, 3.8) is 0 Å². The summed E-state index contributed by atoms with van der Waals surface area (Å²) < 4.78 is 33.0. The van der Waals surface area contributed by atoms with Crippen LogP contribution in [-0.4, -0.2) is 34.1 Å². The van der Waals surface area contributed by atoms with Crippen molar-refractivity contribution in [1.82, 2.24) is 4.98 Å². The molecule has 140 valence electrons. The lowest BCUT2D eigenvalue weighted by Gasteiger charge is -2.13. The molecule has 4 rings (SSSR count). The number of hydrogen-bond donors (Lipinski definition) is 3. The van der Waals surface area contributed by atoms with Crippen LogP contribution in [0.2, 0.25) is 0 Å². The summed E-state index contributed by atoms with van der Waals surface area (Å²) in [6.45, 7) is 0. The van der Waals surface area contributed by atoms with Crippen molar-refractivity contribution < 1.29 is 28.0 Å². The average Bonchev–Trinajstić information content (AvgIpc) is 2.66. The van der Waals surface area contributed by atoms with Crippen LogP contribution in [0.4, 0.5) is 0 Å². The molecule has 3 N–H and O–H groups in total. The third-order valence-corrected chi connectivity index (χ3v) is 5.45. The number of nitrogens with zero attached hydrogens (tertiary/aromatic N) is 1. The molecule has 0 spiro atoms. The number of pyridine rings is 1. The quantitative estimate of drug-likeness (QED) is 0.357. The van der Waals surface area contributed by atoms with E-state index in [2.05, 4.69) is 4.98 Å². The topological polar surface area (TPSA) is 125 Å². The highest BCUT2D eigenvalue weighted by Crippen LogP contribution is 2.38. The van der Waals surface area contributed by atoms with Crippen molar-refractivity contribution >= 4 is 37.8 Å². The van der Waals surface area contributed by atoms with Gasteiger partial charge in [-0.3, -0.25) is 9.54 Å². The van der Waals surface area contributed by atoms with Gasteiger partial charge in [0.25, 0.3) is 10.1 Å². The van der Waals surface area contributed by atoms with E-state index in [-0.39, 0.29) is 38.1 Å². The predicted octanol–water partition coefficient (Wildman–Crippen LogP) is 3.71. The van der Waals surface area contributed by atoms with E-state index in [1.165, 1.54) is 36.5 Å². The van der Waals surface area contributed by atoms with Gasteiger partial charge in [0.2, 0.25) is 0 Å². The number of para-hydroxylation sites is 1. The molecule has 3 aromatic carbocycles. The summed E-state index contributed by atoms with van der Waals surface area (Å²) in [5, 5.41) is 20.8. The van der Waals surface area contributed by atoms with Gasteiger partial charge in [0.1, 0.15) is 10.6 Å². The second kappa shape index (κ2) is 6.29. The SMILES string of the molecule is O=C(O)c1c(-c2ccccc2O)cnc2ccc3c(S(=O)(=O)O)cccc3c12. The zero-order valence-electron chi connectivity index (χ0n) is 14.2. The largest absolute Gasteiger partial charge is 0.507 e. The first-order valence-electron chi connectivity index (χ1n) is 8.12. The first-order valence-corrected chi connectivity index (χ1v) is 9.56. The highest BCUT2D eigenvalue weighted by Gasteiger charge is 2.22. The van der Waals surface area contributed by atoms with Gasteiger partial charge < -0.3 is 10.2 Å². The second-order valence-corrected chi connectivity index (χ2v) is 7.55. The molecule has 0 aliphatic rings. The van der Waals surface area contributed by atoms with Crippen LogP contribution in [0, 0.1) is 0 Å². The van der Waals surface area contributed by atoms with Gasteiger partial charge in [-0.15, -0.1) is 0 Å². The number of carboxylic acid groups (broad SMARTS) is 1. The third-order valence-electron chi connectivity index (χ3n) is 4.54. The monoisotopic (exact) mass is 395 g/mol. The lowest BCUT2D eigenvalue weighted by atomic mass is 9.94. The minimum atomic E-state index is -4.51. The minimum Gasteiger partial charge on any atom is -0.507 e. The predicted molar refractivity (Wildman–Crippen MR) is 103 cm³/mol. The van der Waals surface area contributed by atoms with E-state index in [0.29, 0.717) is 10.9 Å². The minimum absolute atomic E-state index is 0.106. The first kappa shape index (κ1) is 17.9. The Labute approximate surface area is 159 Å². The first-order chi connectivity index (χ1) is 13.3. The number of phenols is 1. The molecule has 8 heteroatoms. The Morgan fingerprint density at radius 2 is 1.64 bits per heavy atom. The average molecular weight is 395 g/mol. The molecular formula is C20H13NO6S. The maximum absolute atomic E-state index is 12.2. The number of fused-ring (bicyclic) bond motifs is 3. The lowest BCUT2D eigenvalue weighted by Crippen LogP contribution is -2.04. The summed E-state index contributed by atoms with van der Waals surface area (Å²) in [6.07, 6.45) is 1.36. The van der Waals surface area contributed by atoms with Crippen molar-refractivity contribution in [2.75, 3.05) is 0 Å². The number of rotatable bonds is 3. The molecule has 0 aliphatic heterocycles. The number of aromatic nitrogens is 1. The van der Waals surface area contributed by atoms with Crippen molar-refractivity contribution in [2.24, 2.45) is 0 Å². The number of carboxylic acids is 1. The molecule has 1 aromatic heterocycles. The standard InChI is InChI=1S/C20H13NO6S/c22-16-6-2-1-4-11(16)14-10-21-15-9-8-12-13(18(15)19(14)20(23)24)5-3-7-17(12)28(25,26)27/h1-10,22H,(H,23,24)(H,25,26,27). The molecule has 0 amide bonds. The van der Waals surface area contributed by atoms with E-state index in [0.717, 1.165) is 0 Å². The van der Waals surface area contributed by atoms with Crippen molar-refractivity contribution in [3.05, 3.63) is 66.4 Å². The van der Waals surface area contributed by atoms with Crippen LogP contribution in [0.1, 0.15) is 10.4 Å². The van der Waals surface area contributed by atoms with Gasteiger partial charge in [-0.25, -0.2) is 4.79 Å². The Hall–Kier alpha value is -3.49. The zero-order chi connectivity index (χ0) is 20.1. The summed E-state index contributed by atoms with van der Waals surface area (Å²) in [5.74, 6) is -1.36. The van der Waals surface area contributed by atoms with Crippen LogP contribution >= 0.6 is 0 Å². The fraction of sp³-hybridized carbons (Fsp3) is 0. The molecule has 0 bridgehead atoms. The number of aromatic carboxylic acids is 1. The van der Waals surface area contributed by atoms with Crippen LogP contribution < -0.4 is 0 Å². The molecule has 0 radical (unpaired) electrons. The maximum atomic E-state index is 12.2. The molecule has 0 unspecified atom stereocenters. The fourth-order valence-corrected chi connectivity index (χ4v) is 4.08. The summed E-state index contributed by atoms with van der Waals surface area (Å²) in [5.41, 5.74) is 0.709. The molecule has 0 saturated carbocycles. The highest BCUT2D eigenvalue weighted by atomic mass is 32.2. The van der Waals surface area contributed by atoms with Crippen molar-refractivity contribution in [1.29, 1.82) is 0 Å². The van der Waals surface area contributed by atoms with Gasteiger partial charge in [0.15, 0.2) is 0 Å². The fourth-order valence-electron chi connectivity index (χ4n) is 3.37. The summed E-state index contributed by atoms with van der Waals surface area (Å²) in [7, 11) is -4.51. The van der Waals surface area contributed by atoms with E-state index in [1.54, 1.807) is 24.3 Å². The molecule has 28 heavy (non-hydrogen) atoms. The van der Waals surface area contributed by atoms with Gasteiger partial charge >= 0.3 is 5.97 Å². The van der Waals surface area contributed by atoms with E-state index in [1.807, 2.05) is 0 Å². The van der Waals surface area contributed by atoms with Gasteiger partial charge in [0.05, 0.1) is 11.1 Å². The summed E-state index contributed by atoms with van der Waals surface area (Å²) in [6, 6.07) is 13.5. The Morgan fingerprint density at radius 3 is 2.32 bits per heavy atom. The molecule has 4 aromatic rings. The Morgan fingerprint density at radius 1 is 0.893 bits per heavy atom. The third kappa shape index (κ3) is 2.75. The molecule has 0 aliphatic carbocycles. The summed E-state index contributed by atoms with van der Waals surface area (Å²) >= 11 is 0. The number of aromatic hydroxyl groups is 1. The summed E-state index contributed by atoms with van der Waals surface area (Å²) in [4.78, 5) is 16.1. The Balaban J connectivity index is 2.23. The van der Waals surface area contributed by atoms with Gasteiger partial charge in [-0.05, 0) is 23.6 Å². The van der Waals surface area contributed by atoms with E-state index in [9.17, 15) is 28.0 Å². The lowest BCUT2D eigenvalue weighted by molar-refractivity contribution is 0.0700. The molecule has 0 atom stereocenters. The van der Waals surface area contributed by atoms with Gasteiger partial charge in [0, 0.05) is 28.1 Å². The Kier molecular flexibility index (Phi) is 4.02. The van der Waals surface area contributed by atoms with Crippen LogP contribution in [0.3, 0.4) is 0 Å². The normalized spacial score (nSPS) is 11.8. The molecule has 1 heterocycles. The number of phenolic OH excluding ortho intramolecular Hbond substituents is 1. The van der Waals surface area contributed by atoms with Crippen LogP contribution in [0.15, 0.2) is 65.7 Å². The molecule has 0 saturated heterocycles. The van der Waals surface area contributed by atoms with Crippen LogP contribution in [-0.2, 0) is 10.1 Å².